The van der Waals surface area contributed by atoms with Crippen LogP contribution in [0.4, 0.5) is 0 Å². The first-order chi connectivity index (χ1) is 11.6. The van der Waals surface area contributed by atoms with Crippen molar-refractivity contribution in [2.75, 3.05) is 92.6 Å². The van der Waals surface area contributed by atoms with Gasteiger partial charge in [-0.25, -0.2) is 0 Å². The van der Waals surface area contributed by atoms with Crippen LogP contribution in [0.15, 0.2) is 0 Å². The largest absolute Gasteiger partial charge is 1.00 e. The van der Waals surface area contributed by atoms with Gasteiger partial charge in [0.1, 0.15) is 0 Å². The molecule has 3 aliphatic rings. The van der Waals surface area contributed by atoms with Gasteiger partial charge in [-0.15, -0.1) is 0 Å². The summed E-state index contributed by atoms with van der Waals surface area (Å²) in [5.41, 5.74) is 0. The molecule has 0 aromatic rings. The monoisotopic (exact) mass is 592 g/mol. The molecular formula is C20H42I2N4. The summed E-state index contributed by atoms with van der Waals surface area (Å²) in [5, 5.41) is 0. The Morgan fingerprint density at radius 3 is 1.15 bits per heavy atom. The molecule has 0 aromatic carbocycles. The minimum absolute atomic E-state index is 0. The summed E-state index contributed by atoms with van der Waals surface area (Å²) in [4.78, 5) is 5.46. The molecule has 0 aromatic heterocycles. The molecule has 0 radical (unpaired) electrons. The van der Waals surface area contributed by atoms with Gasteiger partial charge in [-0.05, 0) is 38.5 Å². The molecule has 0 spiro atoms. The van der Waals surface area contributed by atoms with E-state index in [0.717, 1.165) is 0 Å². The third-order valence-corrected chi connectivity index (χ3v) is 7.17. The van der Waals surface area contributed by atoms with Crippen molar-refractivity contribution in [3.63, 3.8) is 0 Å². The van der Waals surface area contributed by atoms with Crippen molar-refractivity contribution in [2.45, 2.75) is 38.5 Å². The second kappa shape index (κ2) is 12.1. The van der Waals surface area contributed by atoms with Crippen molar-refractivity contribution in [3.05, 3.63) is 0 Å². The standard InChI is InChI=1S/C20H42N4.2HI/c1-23(15-5-3-6-16-23)19-13-21-9-11-22(12-10-21)14-20-24(2)17-7-4-8-18-24;;/h3-20H2,1-2H3;2*1H/q+2;;/p-2. The normalized spacial score (nSPS) is 26.5. The molecule has 0 N–H and O–H groups in total. The van der Waals surface area contributed by atoms with Gasteiger partial charge in [-0.2, -0.15) is 0 Å². The molecule has 156 valence electrons. The van der Waals surface area contributed by atoms with Crippen molar-refractivity contribution in [3.8, 4) is 0 Å². The number of hydrogen-bond donors (Lipinski definition) is 0. The molecule has 3 aliphatic heterocycles. The van der Waals surface area contributed by atoms with Gasteiger partial charge in [-0.3, -0.25) is 9.80 Å². The summed E-state index contributed by atoms with van der Waals surface area (Å²) < 4.78 is 2.66. The lowest BCUT2D eigenvalue weighted by atomic mass is 10.1. The number of piperidine rings is 2. The third-order valence-electron chi connectivity index (χ3n) is 7.17. The van der Waals surface area contributed by atoms with Crippen molar-refractivity contribution >= 4 is 0 Å². The molecule has 3 fully saturated rings. The van der Waals surface area contributed by atoms with Crippen LogP contribution in [0.5, 0.6) is 0 Å². The number of hydrogen-bond acceptors (Lipinski definition) is 2. The summed E-state index contributed by atoms with van der Waals surface area (Å²) in [7, 11) is 4.97. The van der Waals surface area contributed by atoms with E-state index < -0.39 is 0 Å². The van der Waals surface area contributed by atoms with Gasteiger partial charge in [-0.1, -0.05) is 0 Å². The Bertz CT molecular complexity index is 338. The summed E-state index contributed by atoms with van der Waals surface area (Å²) >= 11 is 0. The topological polar surface area (TPSA) is 6.48 Å². The molecule has 0 saturated carbocycles. The van der Waals surface area contributed by atoms with Gasteiger partial charge in [0.05, 0.1) is 53.4 Å². The fourth-order valence-corrected chi connectivity index (χ4v) is 5.00. The van der Waals surface area contributed by atoms with Crippen molar-refractivity contribution in [1.29, 1.82) is 0 Å². The average molecular weight is 592 g/mol. The molecule has 0 aliphatic carbocycles. The number of halogens is 2. The number of rotatable bonds is 6. The van der Waals surface area contributed by atoms with E-state index in [9.17, 15) is 0 Å². The number of nitrogens with zero attached hydrogens (tertiary/aromatic N) is 4. The van der Waals surface area contributed by atoms with E-state index in [1.807, 2.05) is 0 Å². The Balaban J connectivity index is 0.00000169. The van der Waals surface area contributed by atoms with Crippen LogP contribution in [0, 0.1) is 0 Å². The van der Waals surface area contributed by atoms with Crippen LogP contribution in [0.1, 0.15) is 38.5 Å². The van der Waals surface area contributed by atoms with Gasteiger partial charge in [0, 0.05) is 39.3 Å². The SMILES string of the molecule is C[N+]1(CCN2CCN(CC[N+]3(C)CCCCC3)CC2)CCCCC1.[I-].[I-]. The van der Waals surface area contributed by atoms with E-state index in [1.54, 1.807) is 0 Å². The van der Waals surface area contributed by atoms with E-state index in [1.165, 1.54) is 126 Å². The Kier molecular flexibility index (Phi) is 11.8. The van der Waals surface area contributed by atoms with Crippen molar-refractivity contribution in [1.82, 2.24) is 9.80 Å². The predicted octanol–water partition coefficient (Wildman–Crippen LogP) is -4.13. The molecular weight excluding hydrogens is 550 g/mol. The van der Waals surface area contributed by atoms with Gasteiger partial charge >= 0.3 is 0 Å². The maximum atomic E-state index is 2.73. The maximum Gasteiger partial charge on any atom is 0.0913 e. The smallest absolute Gasteiger partial charge is 0.0913 e. The van der Waals surface area contributed by atoms with Crippen LogP contribution in [0.25, 0.3) is 0 Å². The zero-order chi connectivity index (χ0) is 16.9. The molecule has 6 heteroatoms. The molecule has 0 amide bonds. The summed E-state index contributed by atoms with van der Waals surface area (Å²) in [6.07, 6.45) is 8.71. The number of likely N-dealkylation sites (N-methyl/N-ethyl adjacent to an activating group) is 2. The highest BCUT2D eigenvalue weighted by atomic mass is 127. The molecule has 3 saturated heterocycles. The third kappa shape index (κ3) is 7.97. The molecule has 0 unspecified atom stereocenters. The fraction of sp³-hybridized carbons (Fsp3) is 1.00. The highest BCUT2D eigenvalue weighted by Crippen LogP contribution is 2.17. The van der Waals surface area contributed by atoms with E-state index in [-0.39, 0.29) is 48.0 Å². The first kappa shape index (κ1) is 25.3. The Hall–Kier alpha value is 1.30. The lowest BCUT2D eigenvalue weighted by Gasteiger charge is -2.42. The molecule has 0 bridgehead atoms. The van der Waals surface area contributed by atoms with Crippen molar-refractivity contribution < 1.29 is 56.9 Å². The fourth-order valence-electron chi connectivity index (χ4n) is 5.00. The highest BCUT2D eigenvalue weighted by Gasteiger charge is 2.28. The van der Waals surface area contributed by atoms with Crippen LogP contribution in [-0.2, 0) is 0 Å². The van der Waals surface area contributed by atoms with Crippen LogP contribution >= 0.6 is 0 Å². The van der Waals surface area contributed by atoms with Gasteiger partial charge in [0.15, 0.2) is 0 Å². The first-order valence-electron chi connectivity index (χ1n) is 10.7. The number of quaternary nitrogens is 2. The highest BCUT2D eigenvalue weighted by molar-refractivity contribution is 4.72. The van der Waals surface area contributed by atoms with Gasteiger partial charge < -0.3 is 56.9 Å². The molecule has 3 heterocycles. The van der Waals surface area contributed by atoms with Crippen LogP contribution in [0.3, 0.4) is 0 Å². The number of likely N-dealkylation sites (tertiary alicyclic amines) is 2. The van der Waals surface area contributed by atoms with Gasteiger partial charge in [0.2, 0.25) is 0 Å². The minimum atomic E-state index is 0. The zero-order valence-electron chi connectivity index (χ0n) is 17.3. The number of piperazine rings is 1. The lowest BCUT2D eigenvalue weighted by molar-refractivity contribution is -0.913. The predicted molar refractivity (Wildman–Crippen MR) is 102 cm³/mol. The van der Waals surface area contributed by atoms with E-state index in [4.69, 9.17) is 0 Å². The average Bonchev–Trinajstić information content (AvgIpc) is 2.61. The van der Waals surface area contributed by atoms with Crippen LogP contribution in [-0.4, -0.2) is 111 Å². The Morgan fingerprint density at radius 2 is 0.846 bits per heavy atom. The Labute approximate surface area is 196 Å². The second-order valence-corrected chi connectivity index (χ2v) is 9.39. The zero-order valence-corrected chi connectivity index (χ0v) is 21.6. The van der Waals surface area contributed by atoms with Crippen molar-refractivity contribution in [2.24, 2.45) is 0 Å². The van der Waals surface area contributed by atoms with E-state index in [0.29, 0.717) is 0 Å². The lowest BCUT2D eigenvalue weighted by Crippen LogP contribution is -3.00. The maximum absolute atomic E-state index is 2.73. The van der Waals surface area contributed by atoms with Gasteiger partial charge in [0.25, 0.3) is 0 Å². The molecule has 4 nitrogen and oxygen atoms in total. The molecule has 0 atom stereocenters. The van der Waals surface area contributed by atoms with E-state index in [2.05, 4.69) is 23.9 Å². The Morgan fingerprint density at radius 1 is 0.538 bits per heavy atom. The molecule has 3 rings (SSSR count). The second-order valence-electron chi connectivity index (χ2n) is 9.39. The summed E-state index contributed by atoms with van der Waals surface area (Å²) in [5.74, 6) is 0. The van der Waals surface area contributed by atoms with E-state index >= 15 is 0 Å². The summed E-state index contributed by atoms with van der Waals surface area (Å²) in [6, 6.07) is 0. The van der Waals surface area contributed by atoms with Crippen LogP contribution < -0.4 is 48.0 Å². The minimum Gasteiger partial charge on any atom is -1.00 e. The first-order valence-corrected chi connectivity index (χ1v) is 10.7. The summed E-state index contributed by atoms with van der Waals surface area (Å²) in [6.45, 7) is 16.2. The van der Waals surface area contributed by atoms with Crippen LogP contribution in [0.2, 0.25) is 0 Å². The molecule has 26 heavy (non-hydrogen) atoms. The quantitative estimate of drug-likeness (QED) is 0.229.